The number of aryl methyl sites for hydroxylation is 2. The lowest BCUT2D eigenvalue weighted by atomic mass is 10.2. The molecule has 0 saturated carbocycles. The van der Waals surface area contributed by atoms with Crippen LogP contribution in [0.4, 0.5) is 23.3 Å². The highest BCUT2D eigenvalue weighted by atomic mass is 16.5. The molecule has 3 aromatic rings. The van der Waals surface area contributed by atoms with Gasteiger partial charge >= 0.3 is 0 Å². The Hall–Kier alpha value is -2.89. The number of anilines is 4. The zero-order chi connectivity index (χ0) is 16.2. The zero-order valence-corrected chi connectivity index (χ0v) is 13.4. The molecule has 0 fully saturated rings. The third-order valence-corrected chi connectivity index (χ3v) is 3.40. The average molecular weight is 309 g/mol. The summed E-state index contributed by atoms with van der Waals surface area (Å²) in [6.07, 6.45) is 1.73. The van der Waals surface area contributed by atoms with Crippen molar-refractivity contribution in [3.05, 3.63) is 53.9 Å². The van der Waals surface area contributed by atoms with Crippen molar-refractivity contribution in [2.24, 2.45) is 0 Å². The van der Waals surface area contributed by atoms with Crippen molar-refractivity contribution >= 4 is 23.3 Å². The van der Waals surface area contributed by atoms with Crippen molar-refractivity contribution in [3.8, 4) is 0 Å². The van der Waals surface area contributed by atoms with E-state index in [1.165, 1.54) is 5.56 Å². The van der Waals surface area contributed by atoms with Gasteiger partial charge in [-0.1, -0.05) is 17.3 Å². The first-order valence-corrected chi connectivity index (χ1v) is 7.53. The van der Waals surface area contributed by atoms with Crippen molar-refractivity contribution in [2.75, 3.05) is 16.8 Å². The van der Waals surface area contributed by atoms with Gasteiger partial charge in [-0.2, -0.15) is 4.98 Å². The van der Waals surface area contributed by atoms with Crippen LogP contribution in [0.25, 0.3) is 0 Å². The van der Waals surface area contributed by atoms with E-state index in [9.17, 15) is 0 Å². The molecule has 0 spiro atoms. The third kappa shape index (κ3) is 3.48. The Bertz CT molecular complexity index is 799. The van der Waals surface area contributed by atoms with Crippen molar-refractivity contribution in [1.29, 1.82) is 0 Å². The van der Waals surface area contributed by atoms with Gasteiger partial charge in [0.05, 0.1) is 0 Å². The number of nitrogens with one attached hydrogen (secondary N) is 1. The second-order valence-electron chi connectivity index (χ2n) is 5.27. The molecule has 23 heavy (non-hydrogen) atoms. The van der Waals surface area contributed by atoms with Crippen LogP contribution < -0.4 is 10.2 Å². The van der Waals surface area contributed by atoms with E-state index >= 15 is 0 Å². The number of rotatable bonds is 5. The molecule has 0 bridgehead atoms. The minimum Gasteiger partial charge on any atom is -0.360 e. The Morgan fingerprint density at radius 3 is 2.70 bits per heavy atom. The molecule has 0 aliphatic rings. The van der Waals surface area contributed by atoms with E-state index in [-0.39, 0.29) is 0 Å². The van der Waals surface area contributed by atoms with E-state index in [0.29, 0.717) is 17.6 Å². The van der Waals surface area contributed by atoms with Crippen LogP contribution in [0.3, 0.4) is 0 Å². The molecule has 0 amide bonds. The molecule has 2 aromatic heterocycles. The number of hydrogen-bond donors (Lipinski definition) is 1. The van der Waals surface area contributed by atoms with Crippen LogP contribution in [0, 0.1) is 13.8 Å². The first-order chi connectivity index (χ1) is 11.2. The lowest BCUT2D eigenvalue weighted by Crippen LogP contribution is -2.19. The largest absolute Gasteiger partial charge is 0.360 e. The maximum Gasteiger partial charge on any atom is 0.231 e. The van der Waals surface area contributed by atoms with E-state index in [1.54, 1.807) is 12.3 Å². The lowest BCUT2D eigenvalue weighted by Gasteiger charge is -2.21. The highest BCUT2D eigenvalue weighted by Gasteiger charge is 2.11. The molecular formula is C17H19N5O. The highest BCUT2D eigenvalue weighted by molar-refractivity contribution is 5.60. The molecule has 6 heteroatoms. The molecule has 1 aromatic carbocycles. The van der Waals surface area contributed by atoms with Crippen LogP contribution in [-0.2, 0) is 0 Å². The smallest absolute Gasteiger partial charge is 0.231 e. The summed E-state index contributed by atoms with van der Waals surface area (Å²) in [5.41, 5.74) is 2.27. The van der Waals surface area contributed by atoms with Gasteiger partial charge in [-0.05, 0) is 44.5 Å². The van der Waals surface area contributed by atoms with Gasteiger partial charge in [-0.25, -0.2) is 4.98 Å². The number of benzene rings is 1. The van der Waals surface area contributed by atoms with Gasteiger partial charge in [0.25, 0.3) is 0 Å². The first-order valence-electron chi connectivity index (χ1n) is 7.53. The van der Waals surface area contributed by atoms with E-state index in [1.807, 2.05) is 19.1 Å². The highest BCUT2D eigenvalue weighted by Crippen LogP contribution is 2.24. The van der Waals surface area contributed by atoms with Crippen molar-refractivity contribution in [1.82, 2.24) is 15.1 Å². The predicted molar refractivity (Wildman–Crippen MR) is 90.4 cm³/mol. The van der Waals surface area contributed by atoms with Gasteiger partial charge in [-0.3, -0.25) is 0 Å². The molecule has 0 aliphatic carbocycles. The fourth-order valence-electron chi connectivity index (χ4n) is 2.34. The summed E-state index contributed by atoms with van der Waals surface area (Å²) in [7, 11) is 0. The quantitative estimate of drug-likeness (QED) is 0.769. The second kappa shape index (κ2) is 6.48. The van der Waals surface area contributed by atoms with E-state index in [2.05, 4.69) is 57.4 Å². The summed E-state index contributed by atoms with van der Waals surface area (Å²) >= 11 is 0. The predicted octanol–water partition coefficient (Wildman–Crippen LogP) is 3.98. The molecule has 3 rings (SSSR count). The summed E-state index contributed by atoms with van der Waals surface area (Å²) in [4.78, 5) is 11.0. The number of nitrogens with zero attached hydrogens (tertiary/aromatic N) is 4. The van der Waals surface area contributed by atoms with Crippen LogP contribution in [0.5, 0.6) is 0 Å². The summed E-state index contributed by atoms with van der Waals surface area (Å²) in [6.45, 7) is 6.77. The Kier molecular flexibility index (Phi) is 4.23. The summed E-state index contributed by atoms with van der Waals surface area (Å²) in [5.74, 6) is 2.69. The van der Waals surface area contributed by atoms with Gasteiger partial charge in [0.15, 0.2) is 5.82 Å². The van der Waals surface area contributed by atoms with Crippen LogP contribution >= 0.6 is 0 Å². The summed E-state index contributed by atoms with van der Waals surface area (Å²) in [6, 6.07) is 11.9. The molecule has 0 radical (unpaired) electrons. The topological polar surface area (TPSA) is 67.1 Å². The minimum absolute atomic E-state index is 0.630. The molecule has 0 aliphatic heterocycles. The Morgan fingerprint density at radius 2 is 2.00 bits per heavy atom. The van der Waals surface area contributed by atoms with Gasteiger partial charge < -0.3 is 14.7 Å². The summed E-state index contributed by atoms with van der Waals surface area (Å²) < 4.78 is 5.05. The van der Waals surface area contributed by atoms with Gasteiger partial charge in [0.2, 0.25) is 5.95 Å². The SMILES string of the molecule is CCN(c1cccc(C)c1)c1nccc(Nc2cc(C)on2)n1. The maximum absolute atomic E-state index is 5.05. The molecule has 0 unspecified atom stereocenters. The van der Waals surface area contributed by atoms with Gasteiger partial charge in [0, 0.05) is 24.5 Å². The molecule has 0 saturated heterocycles. The molecular weight excluding hydrogens is 290 g/mol. The third-order valence-electron chi connectivity index (χ3n) is 3.40. The molecule has 2 heterocycles. The monoisotopic (exact) mass is 309 g/mol. The van der Waals surface area contributed by atoms with Crippen LogP contribution in [-0.4, -0.2) is 21.7 Å². The van der Waals surface area contributed by atoms with Crippen molar-refractivity contribution < 1.29 is 4.52 Å². The Balaban J connectivity index is 1.88. The fraction of sp³-hybridized carbons (Fsp3) is 0.235. The Morgan fingerprint density at radius 1 is 1.13 bits per heavy atom. The van der Waals surface area contributed by atoms with E-state index in [0.717, 1.165) is 18.0 Å². The maximum atomic E-state index is 5.05. The van der Waals surface area contributed by atoms with Crippen molar-refractivity contribution in [3.63, 3.8) is 0 Å². The van der Waals surface area contributed by atoms with Crippen molar-refractivity contribution in [2.45, 2.75) is 20.8 Å². The summed E-state index contributed by atoms with van der Waals surface area (Å²) in [5, 5.41) is 7.04. The zero-order valence-electron chi connectivity index (χ0n) is 13.4. The van der Waals surface area contributed by atoms with Crippen LogP contribution in [0.1, 0.15) is 18.2 Å². The Labute approximate surface area is 135 Å². The first kappa shape index (κ1) is 15.0. The lowest BCUT2D eigenvalue weighted by molar-refractivity contribution is 0.400. The van der Waals surface area contributed by atoms with Gasteiger partial charge in [-0.15, -0.1) is 0 Å². The van der Waals surface area contributed by atoms with Crippen LogP contribution in [0.2, 0.25) is 0 Å². The normalized spacial score (nSPS) is 10.6. The van der Waals surface area contributed by atoms with E-state index < -0.39 is 0 Å². The standard InChI is InChI=1S/C17H19N5O/c1-4-22(14-7-5-6-12(2)10-14)17-18-9-8-15(20-17)19-16-11-13(3)23-21-16/h5-11H,4H2,1-3H3,(H,18,19,20,21). The minimum atomic E-state index is 0.630. The second-order valence-corrected chi connectivity index (χ2v) is 5.27. The molecule has 6 nitrogen and oxygen atoms in total. The average Bonchev–Trinajstić information content (AvgIpc) is 2.94. The molecule has 1 N–H and O–H groups in total. The van der Waals surface area contributed by atoms with E-state index in [4.69, 9.17) is 4.52 Å². The number of aromatic nitrogens is 3. The van der Waals surface area contributed by atoms with Gasteiger partial charge in [0.1, 0.15) is 11.6 Å². The molecule has 118 valence electrons. The number of hydrogen-bond acceptors (Lipinski definition) is 6. The molecule has 0 atom stereocenters. The fourth-order valence-corrected chi connectivity index (χ4v) is 2.34. The van der Waals surface area contributed by atoms with Crippen LogP contribution in [0.15, 0.2) is 47.1 Å².